The first kappa shape index (κ1) is 21.1. The largest absolute Gasteiger partial charge is 0.493 e. The van der Waals surface area contributed by atoms with Gasteiger partial charge in [-0.05, 0) is 35.7 Å². The lowest BCUT2D eigenvalue weighted by molar-refractivity contribution is -0.133. The predicted molar refractivity (Wildman–Crippen MR) is 131 cm³/mol. The number of benzene rings is 2. The van der Waals surface area contributed by atoms with Gasteiger partial charge in [-0.1, -0.05) is 18.2 Å². The number of para-hydroxylation sites is 1. The molecule has 6 rings (SSSR count). The maximum atomic E-state index is 12.7. The Kier molecular flexibility index (Phi) is 5.64. The molecule has 0 aliphatic carbocycles. The number of morpholine rings is 1. The number of thiazole rings is 1. The topological polar surface area (TPSA) is 92.4 Å². The summed E-state index contributed by atoms with van der Waals surface area (Å²) in [5.74, 6) is 1.23. The average molecular weight is 476 g/mol. The van der Waals surface area contributed by atoms with Crippen molar-refractivity contribution in [1.29, 1.82) is 0 Å². The standard InChI is InChI=1S/C25H25N5O3S/c31-23(30-5-7-32-8-6-30)14-26-20-10-17(19-12-27-28-13-19)11-22-24(20)29-25(34-22)18-9-16-3-1-2-4-21(16)33-15-18/h1-4,10-13,18,26H,5-9,14-15H2,(H,27,28). The van der Waals surface area contributed by atoms with Crippen molar-refractivity contribution in [2.45, 2.75) is 12.3 Å². The van der Waals surface area contributed by atoms with Crippen LogP contribution in [-0.2, 0) is 16.0 Å². The van der Waals surface area contributed by atoms with E-state index in [1.807, 2.05) is 29.3 Å². The number of fused-ring (bicyclic) bond motifs is 2. The fraction of sp³-hybridized carbons (Fsp3) is 0.320. The van der Waals surface area contributed by atoms with Gasteiger partial charge in [0, 0.05) is 30.8 Å². The first-order valence-corrected chi connectivity index (χ1v) is 12.3. The highest BCUT2D eigenvalue weighted by molar-refractivity contribution is 7.18. The Morgan fingerprint density at radius 3 is 2.94 bits per heavy atom. The molecule has 2 aromatic heterocycles. The third kappa shape index (κ3) is 4.12. The Hall–Kier alpha value is -3.43. The summed E-state index contributed by atoms with van der Waals surface area (Å²) in [6, 6.07) is 12.4. The highest BCUT2D eigenvalue weighted by Gasteiger charge is 2.25. The molecule has 1 atom stereocenters. The molecule has 8 nitrogen and oxygen atoms in total. The smallest absolute Gasteiger partial charge is 0.242 e. The minimum absolute atomic E-state index is 0.0675. The lowest BCUT2D eigenvalue weighted by Crippen LogP contribution is -2.43. The van der Waals surface area contributed by atoms with Crippen LogP contribution < -0.4 is 10.1 Å². The van der Waals surface area contributed by atoms with Crippen molar-refractivity contribution in [1.82, 2.24) is 20.1 Å². The molecule has 174 valence electrons. The van der Waals surface area contributed by atoms with E-state index in [1.54, 1.807) is 17.5 Å². The number of nitrogens with zero attached hydrogens (tertiary/aromatic N) is 3. The zero-order valence-corrected chi connectivity index (χ0v) is 19.4. The predicted octanol–water partition coefficient (Wildman–Crippen LogP) is 3.68. The second-order valence-electron chi connectivity index (χ2n) is 8.58. The Balaban J connectivity index is 1.31. The van der Waals surface area contributed by atoms with Crippen molar-refractivity contribution >= 4 is 33.1 Å². The summed E-state index contributed by atoms with van der Waals surface area (Å²) in [4.78, 5) is 19.6. The van der Waals surface area contributed by atoms with Gasteiger partial charge < -0.3 is 19.7 Å². The summed E-state index contributed by atoms with van der Waals surface area (Å²) >= 11 is 1.69. The van der Waals surface area contributed by atoms with Crippen molar-refractivity contribution in [2.75, 3.05) is 44.8 Å². The third-order valence-corrected chi connectivity index (χ3v) is 7.53. The van der Waals surface area contributed by atoms with Gasteiger partial charge in [0.25, 0.3) is 0 Å². The first-order chi connectivity index (χ1) is 16.7. The highest BCUT2D eigenvalue weighted by Crippen LogP contribution is 2.39. The van der Waals surface area contributed by atoms with Crippen molar-refractivity contribution in [2.24, 2.45) is 0 Å². The zero-order chi connectivity index (χ0) is 22.9. The van der Waals surface area contributed by atoms with E-state index >= 15 is 0 Å². The summed E-state index contributed by atoms with van der Waals surface area (Å²) in [7, 11) is 0. The number of aromatic nitrogens is 3. The molecule has 9 heteroatoms. The van der Waals surface area contributed by atoms with Gasteiger partial charge in [-0.2, -0.15) is 5.10 Å². The Labute approximate surface area is 200 Å². The average Bonchev–Trinajstić information content (AvgIpc) is 3.58. The van der Waals surface area contributed by atoms with E-state index in [2.05, 4.69) is 33.7 Å². The molecule has 1 amide bonds. The SMILES string of the molecule is O=C(CNc1cc(-c2cn[nH]c2)cc2sc(C3COc4ccccc4C3)nc12)N1CCOCC1. The number of amides is 1. The van der Waals surface area contributed by atoms with E-state index in [-0.39, 0.29) is 18.4 Å². The number of anilines is 1. The molecule has 2 aromatic carbocycles. The number of hydrogen-bond acceptors (Lipinski definition) is 7. The van der Waals surface area contributed by atoms with Crippen LogP contribution in [0.3, 0.4) is 0 Å². The molecule has 34 heavy (non-hydrogen) atoms. The third-order valence-electron chi connectivity index (χ3n) is 6.37. The van der Waals surface area contributed by atoms with E-state index in [0.717, 1.165) is 44.2 Å². The van der Waals surface area contributed by atoms with Gasteiger partial charge in [0.2, 0.25) is 5.91 Å². The lowest BCUT2D eigenvalue weighted by atomic mass is 9.97. The summed E-state index contributed by atoms with van der Waals surface area (Å²) in [5.41, 5.74) is 4.99. The Bertz CT molecular complexity index is 1310. The van der Waals surface area contributed by atoms with Crippen LogP contribution in [0.5, 0.6) is 5.75 Å². The van der Waals surface area contributed by atoms with Crippen molar-refractivity contribution in [3.8, 4) is 16.9 Å². The van der Waals surface area contributed by atoms with Gasteiger partial charge >= 0.3 is 0 Å². The molecule has 0 spiro atoms. The summed E-state index contributed by atoms with van der Waals surface area (Å²) in [6.45, 7) is 3.28. The molecule has 0 bridgehead atoms. The van der Waals surface area contributed by atoms with Gasteiger partial charge in [-0.15, -0.1) is 11.3 Å². The minimum Gasteiger partial charge on any atom is -0.493 e. The van der Waals surface area contributed by atoms with Gasteiger partial charge in [-0.25, -0.2) is 4.98 Å². The molecule has 1 unspecified atom stereocenters. The number of aromatic amines is 1. The van der Waals surface area contributed by atoms with E-state index in [9.17, 15) is 4.79 Å². The van der Waals surface area contributed by atoms with Gasteiger partial charge in [0.15, 0.2) is 0 Å². The molecule has 2 aliphatic rings. The summed E-state index contributed by atoms with van der Waals surface area (Å²) in [6.07, 6.45) is 4.58. The van der Waals surface area contributed by atoms with Crippen molar-refractivity contribution in [3.63, 3.8) is 0 Å². The maximum Gasteiger partial charge on any atom is 0.242 e. The molecule has 2 aliphatic heterocycles. The van der Waals surface area contributed by atoms with Crippen LogP contribution in [0.15, 0.2) is 48.8 Å². The second-order valence-corrected chi connectivity index (χ2v) is 9.64. The van der Waals surface area contributed by atoms with Gasteiger partial charge in [0.1, 0.15) is 16.3 Å². The Morgan fingerprint density at radius 2 is 2.09 bits per heavy atom. The zero-order valence-electron chi connectivity index (χ0n) is 18.6. The van der Waals surface area contributed by atoms with E-state index < -0.39 is 0 Å². The Morgan fingerprint density at radius 1 is 1.21 bits per heavy atom. The number of hydrogen-bond donors (Lipinski definition) is 2. The van der Waals surface area contributed by atoms with Crippen molar-refractivity contribution < 1.29 is 14.3 Å². The molecule has 1 saturated heterocycles. The second kappa shape index (κ2) is 9.08. The molecule has 2 N–H and O–H groups in total. The maximum absolute atomic E-state index is 12.7. The first-order valence-electron chi connectivity index (χ1n) is 11.5. The number of carbonyl (C=O) groups excluding carboxylic acids is 1. The van der Waals surface area contributed by atoms with Crippen molar-refractivity contribution in [3.05, 3.63) is 59.4 Å². The molecule has 0 radical (unpaired) electrons. The van der Waals surface area contributed by atoms with Crippen LogP contribution in [0.4, 0.5) is 5.69 Å². The number of carbonyl (C=O) groups is 1. The number of H-pyrrole nitrogens is 1. The van der Waals surface area contributed by atoms with Crippen LogP contribution in [-0.4, -0.2) is 65.4 Å². The van der Waals surface area contributed by atoms with Crippen LogP contribution in [0.25, 0.3) is 21.3 Å². The fourth-order valence-corrected chi connectivity index (χ4v) is 5.63. The summed E-state index contributed by atoms with van der Waals surface area (Å²) in [5, 5.41) is 11.4. The van der Waals surface area contributed by atoms with Crippen LogP contribution in [0.1, 0.15) is 16.5 Å². The van der Waals surface area contributed by atoms with Crippen LogP contribution >= 0.6 is 11.3 Å². The van der Waals surface area contributed by atoms with E-state index in [1.165, 1.54) is 5.56 Å². The monoisotopic (exact) mass is 475 g/mol. The number of ether oxygens (including phenoxy) is 2. The molecule has 1 fully saturated rings. The normalized spacial score (nSPS) is 17.9. The molecular weight excluding hydrogens is 450 g/mol. The summed E-state index contributed by atoms with van der Waals surface area (Å²) < 4.78 is 12.5. The van der Waals surface area contributed by atoms with E-state index in [4.69, 9.17) is 14.5 Å². The van der Waals surface area contributed by atoms with Crippen LogP contribution in [0, 0.1) is 0 Å². The molecular formula is C25H25N5O3S. The highest BCUT2D eigenvalue weighted by atomic mass is 32.1. The lowest BCUT2D eigenvalue weighted by Gasteiger charge is -2.27. The minimum atomic E-state index is 0.0675. The van der Waals surface area contributed by atoms with Gasteiger partial charge in [-0.3, -0.25) is 9.89 Å². The quantitative estimate of drug-likeness (QED) is 0.458. The molecule has 4 heterocycles. The van der Waals surface area contributed by atoms with Gasteiger partial charge in [0.05, 0.1) is 42.9 Å². The molecule has 0 saturated carbocycles. The number of rotatable bonds is 5. The van der Waals surface area contributed by atoms with Crippen LogP contribution in [0.2, 0.25) is 0 Å². The molecule has 4 aromatic rings. The van der Waals surface area contributed by atoms with E-state index in [0.29, 0.717) is 32.9 Å². The number of nitrogens with one attached hydrogen (secondary N) is 2. The fourth-order valence-electron chi connectivity index (χ4n) is 4.51.